The number of benzene rings is 4. The van der Waals surface area contributed by atoms with Gasteiger partial charge in [0.05, 0.1) is 14.2 Å². The Labute approximate surface area is 384 Å². The molecule has 0 aliphatic carbocycles. The van der Waals surface area contributed by atoms with Gasteiger partial charge in [-0.25, -0.2) is 9.97 Å². The number of hydrogen-bond acceptors (Lipinski definition) is 10. The molecule has 316 valence electrons. The Morgan fingerprint density at radius 2 is 0.903 bits per heavy atom. The molecule has 0 aliphatic heterocycles. The highest BCUT2D eigenvalue weighted by molar-refractivity contribution is 9.10. The molecule has 2 heterocycles. The van der Waals surface area contributed by atoms with E-state index in [0.717, 1.165) is 20.1 Å². The largest absolute Gasteiger partial charge is 0.496 e. The number of nitrogens with zero attached hydrogens (tertiary/aromatic N) is 2. The molecule has 0 radical (unpaired) electrons. The van der Waals surface area contributed by atoms with Crippen LogP contribution in [0.2, 0.25) is 10.0 Å². The van der Waals surface area contributed by atoms with Crippen molar-refractivity contribution in [3.05, 3.63) is 173 Å². The lowest BCUT2D eigenvalue weighted by Crippen LogP contribution is -2.17. The summed E-state index contributed by atoms with van der Waals surface area (Å²) in [4.78, 5) is 60.1. The number of amides is 2. The summed E-state index contributed by atoms with van der Waals surface area (Å²) in [5.41, 5.74) is 4.58. The average Bonchev–Trinajstić information content (AvgIpc) is 3.26. The summed E-state index contributed by atoms with van der Waals surface area (Å²) in [5.74, 6) is 0.144. The van der Waals surface area contributed by atoms with Crippen LogP contribution in [0.25, 0.3) is 0 Å². The molecular formula is C46H38Br2Cl2N6O6. The van der Waals surface area contributed by atoms with E-state index in [2.05, 4.69) is 52.5 Å². The normalized spacial score (nSPS) is 10.5. The summed E-state index contributed by atoms with van der Waals surface area (Å²) in [7, 11) is 2.92. The monoisotopic (exact) mass is 998 g/mol. The van der Waals surface area contributed by atoms with Gasteiger partial charge in [0.15, 0.2) is 11.6 Å². The Morgan fingerprint density at radius 1 is 0.565 bits per heavy atom. The molecule has 16 heteroatoms. The number of aromatic nitrogens is 2. The Kier molecular flexibility index (Phi) is 16.4. The average molecular weight is 1000 g/mol. The van der Waals surface area contributed by atoms with E-state index in [-0.39, 0.29) is 35.5 Å². The highest BCUT2D eigenvalue weighted by Gasteiger charge is 2.23. The molecule has 0 saturated heterocycles. The number of methoxy groups -OCH3 is 2. The van der Waals surface area contributed by atoms with Crippen LogP contribution < -0.4 is 20.1 Å². The maximum Gasteiger partial charge on any atom is 0.257 e. The molecule has 0 atom stereocenters. The van der Waals surface area contributed by atoms with Crippen molar-refractivity contribution in [3.63, 3.8) is 0 Å². The van der Waals surface area contributed by atoms with Crippen LogP contribution in [-0.4, -0.2) is 59.0 Å². The van der Waals surface area contributed by atoms with Crippen molar-refractivity contribution in [1.82, 2.24) is 9.97 Å². The maximum atomic E-state index is 13.0. The van der Waals surface area contributed by atoms with E-state index in [1.807, 2.05) is 0 Å². The van der Waals surface area contributed by atoms with Crippen molar-refractivity contribution < 1.29 is 28.7 Å². The van der Waals surface area contributed by atoms with E-state index in [1.54, 1.807) is 111 Å². The molecule has 4 N–H and O–H groups in total. The van der Waals surface area contributed by atoms with Crippen LogP contribution in [0.5, 0.6) is 11.5 Å². The molecule has 12 nitrogen and oxygen atoms in total. The van der Waals surface area contributed by atoms with Crippen LogP contribution in [0.15, 0.2) is 118 Å². The van der Waals surface area contributed by atoms with Crippen molar-refractivity contribution in [1.29, 1.82) is 10.8 Å². The first kappa shape index (κ1) is 47.0. The number of Topliss-reactive ketones (excluding diaryl/α,β-unsaturated/α-hetero) is 2. The number of halogens is 4. The Hall–Kier alpha value is -6.06. The fourth-order valence-corrected chi connectivity index (χ4v) is 6.85. The predicted molar refractivity (Wildman–Crippen MR) is 250 cm³/mol. The van der Waals surface area contributed by atoms with Gasteiger partial charge in [-0.05, 0) is 105 Å². The molecule has 6 aromatic rings. The molecule has 6 rings (SSSR count). The molecule has 2 amide bonds. The zero-order chi connectivity index (χ0) is 45.1. The molecule has 0 saturated carbocycles. The van der Waals surface area contributed by atoms with E-state index in [1.165, 1.54) is 26.4 Å². The van der Waals surface area contributed by atoms with E-state index in [0.29, 0.717) is 66.9 Å². The van der Waals surface area contributed by atoms with Crippen LogP contribution in [0.3, 0.4) is 0 Å². The molecule has 0 spiro atoms. The number of pyridine rings is 2. The Bertz CT molecular complexity index is 2480. The molecule has 0 unspecified atom stereocenters. The number of rotatable bonds is 14. The number of nitrogens with one attached hydrogen (secondary N) is 4. The molecule has 4 aromatic carbocycles. The fourth-order valence-electron chi connectivity index (χ4n) is 5.96. The molecule has 0 fully saturated rings. The van der Waals surface area contributed by atoms with E-state index in [9.17, 15) is 19.2 Å². The standard InChI is InChI=1S/2C23H19BrClN3O3/c2*1-13(26)14-3-5-15(6-4-14)20(29)11-18-19(9-17(25)10-21(18)31-2)23(30)28-22-8-7-16(24)12-27-22/h2*3-10,12,26H,11H2,1-2H3,(H,27,28,30). The second-order valence-electron chi connectivity index (χ2n) is 13.5. The van der Waals surface area contributed by atoms with Crippen molar-refractivity contribution in [2.45, 2.75) is 26.7 Å². The van der Waals surface area contributed by atoms with Gasteiger partial charge in [0, 0.05) is 89.0 Å². The van der Waals surface area contributed by atoms with Gasteiger partial charge in [0.2, 0.25) is 0 Å². The number of ketones is 2. The second kappa shape index (κ2) is 21.6. The molecular weight excluding hydrogens is 963 g/mol. The SMILES string of the molecule is COc1cc(Cl)cc(C(=O)Nc2ccc(Br)cn2)c1CC(=O)c1ccc(C(C)=N)cc1.COc1cc(Cl)cc(C(=O)Nc2ccc(Br)cn2)c1CC(=O)c1ccc(C(C)=N)cc1. The lowest BCUT2D eigenvalue weighted by molar-refractivity contribution is 0.0979. The lowest BCUT2D eigenvalue weighted by Gasteiger charge is -2.15. The van der Waals surface area contributed by atoms with Gasteiger partial charge < -0.3 is 30.9 Å². The third-order valence-corrected chi connectivity index (χ3v) is 10.5. The summed E-state index contributed by atoms with van der Waals surface area (Å²) >= 11 is 19.0. The molecule has 0 bridgehead atoms. The van der Waals surface area contributed by atoms with Crippen molar-refractivity contribution in [3.8, 4) is 11.5 Å². The summed E-state index contributed by atoms with van der Waals surface area (Å²) in [6.07, 6.45) is 3.02. The maximum absolute atomic E-state index is 13.0. The molecule has 2 aromatic heterocycles. The third-order valence-electron chi connectivity index (χ3n) is 9.17. The first-order chi connectivity index (χ1) is 29.6. The van der Waals surface area contributed by atoms with E-state index in [4.69, 9.17) is 43.5 Å². The van der Waals surface area contributed by atoms with Gasteiger partial charge in [-0.1, -0.05) is 71.7 Å². The summed E-state index contributed by atoms with van der Waals surface area (Å²) in [5, 5.41) is 21.4. The van der Waals surface area contributed by atoms with Crippen LogP contribution in [-0.2, 0) is 12.8 Å². The highest BCUT2D eigenvalue weighted by Crippen LogP contribution is 2.31. The first-order valence-electron chi connectivity index (χ1n) is 18.5. The minimum atomic E-state index is -0.451. The fraction of sp³-hybridized carbons (Fsp3) is 0.130. The van der Waals surface area contributed by atoms with Gasteiger partial charge in [-0.15, -0.1) is 0 Å². The van der Waals surface area contributed by atoms with Crippen molar-refractivity contribution >= 4 is 102 Å². The van der Waals surface area contributed by atoms with Crippen LogP contribution in [0.4, 0.5) is 11.6 Å². The van der Waals surface area contributed by atoms with E-state index >= 15 is 0 Å². The van der Waals surface area contributed by atoms with Gasteiger partial charge >= 0.3 is 0 Å². The minimum absolute atomic E-state index is 0.0558. The Morgan fingerprint density at radius 3 is 1.19 bits per heavy atom. The van der Waals surface area contributed by atoms with Crippen molar-refractivity contribution in [2.75, 3.05) is 24.9 Å². The van der Waals surface area contributed by atoms with Gasteiger partial charge in [0.25, 0.3) is 11.8 Å². The van der Waals surface area contributed by atoms with Gasteiger partial charge in [-0.3, -0.25) is 19.2 Å². The quantitative estimate of drug-likeness (QED) is 0.0614. The lowest BCUT2D eigenvalue weighted by atomic mass is 9.96. The second-order valence-corrected chi connectivity index (χ2v) is 16.2. The van der Waals surface area contributed by atoms with E-state index < -0.39 is 11.8 Å². The van der Waals surface area contributed by atoms with Crippen molar-refractivity contribution in [2.24, 2.45) is 0 Å². The summed E-state index contributed by atoms with van der Waals surface area (Å²) < 4.78 is 12.4. The topological polar surface area (TPSA) is 184 Å². The highest BCUT2D eigenvalue weighted by atomic mass is 79.9. The van der Waals surface area contributed by atoms with Gasteiger partial charge in [0.1, 0.15) is 23.1 Å². The third kappa shape index (κ3) is 12.5. The number of hydrogen-bond donors (Lipinski definition) is 4. The van der Waals surface area contributed by atoms with Crippen LogP contribution in [0, 0.1) is 10.8 Å². The minimum Gasteiger partial charge on any atom is -0.496 e. The zero-order valence-electron chi connectivity index (χ0n) is 33.7. The number of anilines is 2. The summed E-state index contributed by atoms with van der Waals surface area (Å²) in [6.45, 7) is 3.36. The zero-order valence-corrected chi connectivity index (χ0v) is 38.3. The molecule has 62 heavy (non-hydrogen) atoms. The smallest absolute Gasteiger partial charge is 0.257 e. The number of ether oxygens (including phenoxy) is 2. The first-order valence-corrected chi connectivity index (χ1v) is 20.9. The van der Waals surface area contributed by atoms with Gasteiger partial charge in [-0.2, -0.15) is 0 Å². The predicted octanol–water partition coefficient (Wildman–Crippen LogP) is 11.1. The molecule has 0 aliphatic rings. The number of carbonyl (C=O) groups is 4. The number of carbonyl (C=O) groups excluding carboxylic acids is 4. The summed E-state index contributed by atoms with van der Waals surface area (Å²) in [6, 6.07) is 26.5. The van der Waals surface area contributed by atoms with Crippen LogP contribution >= 0.6 is 55.1 Å². The van der Waals surface area contributed by atoms with Crippen LogP contribution in [0.1, 0.15) is 77.5 Å². The Balaban J connectivity index is 0.000000234.